The molecule has 45 heavy (non-hydrogen) atoms. The maximum absolute atomic E-state index is 2.54. The first-order chi connectivity index (χ1) is 22.1. The van der Waals surface area contributed by atoms with Crippen LogP contribution in [0.25, 0.3) is 76.9 Å². The molecule has 1 aliphatic carbocycles. The zero-order chi connectivity index (χ0) is 29.9. The van der Waals surface area contributed by atoms with E-state index in [-0.39, 0.29) is 5.41 Å². The molecule has 0 saturated carbocycles. The lowest BCUT2D eigenvalue weighted by molar-refractivity contribution is 0.660. The quantitative estimate of drug-likeness (QED) is 0.194. The van der Waals surface area contributed by atoms with Crippen molar-refractivity contribution in [3.05, 3.63) is 157 Å². The summed E-state index contributed by atoms with van der Waals surface area (Å²) in [5.74, 6) is 0. The van der Waals surface area contributed by atoms with E-state index in [9.17, 15) is 0 Å². The van der Waals surface area contributed by atoms with E-state index in [1.807, 2.05) is 0 Å². The van der Waals surface area contributed by atoms with E-state index in [1.54, 1.807) is 0 Å². The highest BCUT2D eigenvalue weighted by Crippen LogP contribution is 2.51. The van der Waals surface area contributed by atoms with E-state index in [4.69, 9.17) is 0 Å². The Morgan fingerprint density at radius 3 is 1.53 bits per heavy atom. The third-order valence-electron chi connectivity index (χ3n) is 10.3. The second-order valence-corrected chi connectivity index (χ2v) is 12.9. The second-order valence-electron chi connectivity index (χ2n) is 12.9. The molecule has 1 aliphatic rings. The van der Waals surface area contributed by atoms with Crippen LogP contribution in [0, 0.1) is 0 Å². The van der Waals surface area contributed by atoms with Gasteiger partial charge in [-0.15, -0.1) is 0 Å². The molecule has 0 spiro atoms. The number of fused-ring (bicyclic) bond motifs is 13. The Morgan fingerprint density at radius 1 is 0.400 bits per heavy atom. The minimum atomic E-state index is -0.0817. The summed E-state index contributed by atoms with van der Waals surface area (Å²) in [5.41, 5.74) is 12.7. The zero-order valence-electron chi connectivity index (χ0n) is 25.3. The minimum absolute atomic E-state index is 0.0817. The van der Waals surface area contributed by atoms with Gasteiger partial charge in [0.05, 0.1) is 22.1 Å². The molecule has 0 amide bonds. The molecule has 0 radical (unpaired) electrons. The van der Waals surface area contributed by atoms with Crippen molar-refractivity contribution in [2.45, 2.75) is 19.3 Å². The van der Waals surface area contributed by atoms with Crippen molar-refractivity contribution in [3.8, 4) is 22.5 Å². The summed E-state index contributed by atoms with van der Waals surface area (Å²) < 4.78 is 5.03. The molecule has 0 saturated heterocycles. The number of hydrogen-bond donors (Lipinski definition) is 0. The van der Waals surface area contributed by atoms with Crippen molar-refractivity contribution in [2.75, 3.05) is 0 Å². The van der Waals surface area contributed by atoms with Crippen LogP contribution in [0.1, 0.15) is 25.0 Å². The van der Waals surface area contributed by atoms with Crippen molar-refractivity contribution in [3.63, 3.8) is 0 Å². The Hall–Kier alpha value is -5.60. The molecule has 0 aliphatic heterocycles. The lowest BCUT2D eigenvalue weighted by Gasteiger charge is -2.22. The summed E-state index contributed by atoms with van der Waals surface area (Å²) in [4.78, 5) is 0. The number of nitrogens with zero attached hydrogens (tertiary/aromatic N) is 2. The number of benzene rings is 7. The molecular formula is C43H30N2. The minimum Gasteiger partial charge on any atom is -0.307 e. The van der Waals surface area contributed by atoms with Crippen LogP contribution in [-0.4, -0.2) is 9.13 Å². The van der Waals surface area contributed by atoms with Gasteiger partial charge in [0, 0.05) is 38.3 Å². The predicted molar refractivity (Wildman–Crippen MR) is 190 cm³/mol. The average Bonchev–Trinajstić information content (AvgIpc) is 3.69. The summed E-state index contributed by atoms with van der Waals surface area (Å²) in [7, 11) is 0. The molecule has 10 rings (SSSR count). The molecule has 2 heteroatoms. The highest BCUT2D eigenvalue weighted by molar-refractivity contribution is 6.36. The van der Waals surface area contributed by atoms with E-state index in [0.717, 1.165) is 0 Å². The van der Waals surface area contributed by atoms with Gasteiger partial charge in [0.15, 0.2) is 0 Å². The molecular weight excluding hydrogens is 544 g/mol. The van der Waals surface area contributed by atoms with Crippen molar-refractivity contribution < 1.29 is 0 Å². The van der Waals surface area contributed by atoms with Crippen LogP contribution in [0.3, 0.4) is 0 Å². The molecule has 2 heterocycles. The third kappa shape index (κ3) is 3.13. The van der Waals surface area contributed by atoms with Crippen LogP contribution in [0.5, 0.6) is 0 Å². The monoisotopic (exact) mass is 574 g/mol. The molecule has 0 atom stereocenters. The van der Waals surface area contributed by atoms with Gasteiger partial charge in [-0.25, -0.2) is 0 Å². The van der Waals surface area contributed by atoms with Gasteiger partial charge in [-0.1, -0.05) is 123 Å². The fraction of sp³-hybridized carbons (Fsp3) is 0.0698. The van der Waals surface area contributed by atoms with Gasteiger partial charge in [0.2, 0.25) is 0 Å². The van der Waals surface area contributed by atoms with E-state index < -0.39 is 0 Å². The van der Waals surface area contributed by atoms with Gasteiger partial charge in [0.1, 0.15) is 0 Å². The first kappa shape index (κ1) is 24.8. The van der Waals surface area contributed by atoms with Gasteiger partial charge in [-0.3, -0.25) is 0 Å². The Balaban J connectivity index is 1.45. The van der Waals surface area contributed by atoms with Crippen molar-refractivity contribution in [2.24, 2.45) is 0 Å². The summed E-state index contributed by atoms with van der Waals surface area (Å²) in [6, 6.07) is 53.7. The van der Waals surface area contributed by atoms with Crippen LogP contribution in [0.4, 0.5) is 0 Å². The average molecular weight is 575 g/mol. The fourth-order valence-corrected chi connectivity index (χ4v) is 8.34. The molecule has 9 aromatic rings. The van der Waals surface area contributed by atoms with Crippen LogP contribution >= 0.6 is 0 Å². The molecule has 2 nitrogen and oxygen atoms in total. The largest absolute Gasteiger partial charge is 0.307 e. The summed E-state index contributed by atoms with van der Waals surface area (Å²) in [5, 5.41) is 7.74. The first-order valence-corrected chi connectivity index (χ1v) is 15.8. The number of rotatable bonds is 2. The van der Waals surface area contributed by atoms with E-state index in [1.165, 1.54) is 88.0 Å². The maximum atomic E-state index is 2.54. The number of aromatic nitrogens is 2. The maximum Gasteiger partial charge on any atom is 0.0795 e. The predicted octanol–water partition coefficient (Wildman–Crippen LogP) is 11.3. The van der Waals surface area contributed by atoms with Crippen LogP contribution in [-0.2, 0) is 5.41 Å². The van der Waals surface area contributed by atoms with Gasteiger partial charge in [-0.2, -0.15) is 0 Å². The third-order valence-corrected chi connectivity index (χ3v) is 10.3. The Labute approximate surface area is 261 Å². The molecule has 0 bridgehead atoms. The number of hydrogen-bond acceptors (Lipinski definition) is 0. The lowest BCUT2D eigenvalue weighted by Crippen LogP contribution is -2.15. The first-order valence-electron chi connectivity index (χ1n) is 15.8. The molecule has 0 N–H and O–H groups in total. The smallest absolute Gasteiger partial charge is 0.0795 e. The van der Waals surface area contributed by atoms with E-state index >= 15 is 0 Å². The molecule has 0 fully saturated rings. The molecule has 7 aromatic carbocycles. The Kier molecular flexibility index (Phi) is 4.82. The second kappa shape index (κ2) is 8.74. The van der Waals surface area contributed by atoms with Crippen LogP contribution < -0.4 is 0 Å². The van der Waals surface area contributed by atoms with Gasteiger partial charge in [-0.05, 0) is 69.4 Å². The van der Waals surface area contributed by atoms with Gasteiger partial charge >= 0.3 is 0 Å². The summed E-state index contributed by atoms with van der Waals surface area (Å²) in [6.07, 6.45) is 0. The molecule has 212 valence electrons. The van der Waals surface area contributed by atoms with Gasteiger partial charge in [0.25, 0.3) is 0 Å². The summed E-state index contributed by atoms with van der Waals surface area (Å²) in [6.45, 7) is 4.73. The topological polar surface area (TPSA) is 9.86 Å². The highest BCUT2D eigenvalue weighted by atomic mass is 15.0. The fourth-order valence-electron chi connectivity index (χ4n) is 8.34. The highest BCUT2D eigenvalue weighted by Gasteiger charge is 2.35. The van der Waals surface area contributed by atoms with Gasteiger partial charge < -0.3 is 9.13 Å². The van der Waals surface area contributed by atoms with Crippen molar-refractivity contribution in [1.82, 2.24) is 9.13 Å². The van der Waals surface area contributed by atoms with Crippen LogP contribution in [0.15, 0.2) is 146 Å². The normalized spacial score (nSPS) is 13.7. The van der Waals surface area contributed by atoms with Crippen molar-refractivity contribution >= 4 is 54.4 Å². The van der Waals surface area contributed by atoms with Crippen molar-refractivity contribution in [1.29, 1.82) is 0 Å². The number of para-hydroxylation sites is 3. The SMILES string of the molecule is CC1(C)c2ccccc2-c2ccc(-n3c4ccccc4c4c5ccccc5c5c6ccccc6n(-c6ccccc6)c5c43)cc21. The Morgan fingerprint density at radius 2 is 0.889 bits per heavy atom. The standard InChI is InChI=1S/C43H30N2/c1-43(2)35-21-11-8-16-29(35)30-25-24-28(26-36(30)43)45-38-23-13-10-20-34(38)40-32-18-7-6-17-31(32)39-33-19-9-12-22-37(33)44(41(39)42(40)45)27-14-4-3-5-15-27/h3-26H,1-2H3. The lowest BCUT2D eigenvalue weighted by atomic mass is 9.82. The van der Waals surface area contributed by atoms with E-state index in [0.29, 0.717) is 0 Å². The zero-order valence-corrected chi connectivity index (χ0v) is 25.3. The van der Waals surface area contributed by atoms with Crippen LogP contribution in [0.2, 0.25) is 0 Å². The molecule has 2 aromatic heterocycles. The summed E-state index contributed by atoms with van der Waals surface area (Å²) >= 11 is 0. The van der Waals surface area contributed by atoms with E-state index in [2.05, 4.69) is 169 Å². The Bertz CT molecular complexity index is 2670. The molecule has 0 unspecified atom stereocenters.